The van der Waals surface area contributed by atoms with Gasteiger partial charge in [0.05, 0.1) is 20.3 Å². The maximum absolute atomic E-state index is 13.7. The molecule has 1 fully saturated rings. The normalized spacial score (nSPS) is 17.4. The van der Waals surface area contributed by atoms with Gasteiger partial charge in [0, 0.05) is 19.0 Å². The van der Waals surface area contributed by atoms with Crippen LogP contribution in [-0.2, 0) is 19.5 Å². The fraction of sp³-hybridized carbons (Fsp3) is 0.565. The standard InChI is InChI=1S/C23H32N8O6S/c1-13(2)37-18(19-24-10-14(3)11-25-19)15(4)38(32,33)30-23-29-28-20(16-8-7-9-36-16)31(23)17-21(34-5)26-12-27-22(17)35-6/h10-13,15-16,18H,7-9H2,1-6H3,(H,29,30)/t15?,16-,18?/m1/s1. The third-order valence-electron chi connectivity index (χ3n) is 5.89. The van der Waals surface area contributed by atoms with Gasteiger partial charge in [-0.15, -0.1) is 10.2 Å². The van der Waals surface area contributed by atoms with Crippen LogP contribution in [-0.4, -0.2) is 75.3 Å². The molecule has 0 saturated carbocycles. The molecule has 38 heavy (non-hydrogen) atoms. The van der Waals surface area contributed by atoms with Gasteiger partial charge in [0.15, 0.2) is 17.3 Å². The first-order valence-electron chi connectivity index (χ1n) is 12.1. The highest BCUT2D eigenvalue weighted by Crippen LogP contribution is 2.37. The molecule has 4 heterocycles. The van der Waals surface area contributed by atoms with E-state index >= 15 is 0 Å². The molecule has 1 N–H and O–H groups in total. The van der Waals surface area contributed by atoms with Crippen molar-refractivity contribution in [1.82, 2.24) is 34.7 Å². The third-order valence-corrected chi connectivity index (χ3v) is 7.59. The van der Waals surface area contributed by atoms with Crippen molar-refractivity contribution in [1.29, 1.82) is 0 Å². The van der Waals surface area contributed by atoms with Gasteiger partial charge in [-0.25, -0.2) is 18.4 Å². The smallest absolute Gasteiger partial charge is 0.245 e. The first kappa shape index (κ1) is 27.6. The minimum Gasteiger partial charge on any atom is -0.479 e. The zero-order valence-electron chi connectivity index (χ0n) is 22.2. The topological polar surface area (TPSA) is 165 Å². The van der Waals surface area contributed by atoms with Crippen LogP contribution in [0.4, 0.5) is 5.95 Å². The monoisotopic (exact) mass is 548 g/mol. The molecule has 3 aromatic heterocycles. The van der Waals surface area contributed by atoms with Crippen LogP contribution in [0.25, 0.3) is 5.69 Å². The summed E-state index contributed by atoms with van der Waals surface area (Å²) < 4.78 is 54.2. The highest BCUT2D eigenvalue weighted by atomic mass is 32.2. The lowest BCUT2D eigenvalue weighted by molar-refractivity contribution is 0.00152. The van der Waals surface area contributed by atoms with Crippen LogP contribution < -0.4 is 14.2 Å². The lowest BCUT2D eigenvalue weighted by Crippen LogP contribution is -2.35. The lowest BCUT2D eigenvalue weighted by atomic mass is 10.2. The molecule has 206 valence electrons. The van der Waals surface area contributed by atoms with Crippen LogP contribution in [0.3, 0.4) is 0 Å². The highest BCUT2D eigenvalue weighted by molar-refractivity contribution is 7.93. The van der Waals surface area contributed by atoms with E-state index in [9.17, 15) is 8.42 Å². The number of aromatic nitrogens is 7. The van der Waals surface area contributed by atoms with Crippen molar-refractivity contribution >= 4 is 16.0 Å². The molecule has 0 amide bonds. The summed E-state index contributed by atoms with van der Waals surface area (Å²) in [5.41, 5.74) is 1.07. The Morgan fingerprint density at radius 3 is 2.26 bits per heavy atom. The molecule has 0 aliphatic carbocycles. The summed E-state index contributed by atoms with van der Waals surface area (Å²) in [7, 11) is -1.27. The molecular formula is C23H32N8O6S. The molecule has 4 rings (SSSR count). The van der Waals surface area contributed by atoms with E-state index < -0.39 is 27.5 Å². The fourth-order valence-electron chi connectivity index (χ4n) is 4.02. The van der Waals surface area contributed by atoms with E-state index in [0.717, 1.165) is 12.0 Å². The second-order valence-corrected chi connectivity index (χ2v) is 11.1. The van der Waals surface area contributed by atoms with Crippen molar-refractivity contribution in [2.24, 2.45) is 0 Å². The van der Waals surface area contributed by atoms with Gasteiger partial charge in [-0.3, -0.25) is 9.29 Å². The van der Waals surface area contributed by atoms with Crippen LogP contribution in [0.2, 0.25) is 0 Å². The molecular weight excluding hydrogens is 516 g/mol. The summed E-state index contributed by atoms with van der Waals surface area (Å²) >= 11 is 0. The molecule has 0 aromatic carbocycles. The van der Waals surface area contributed by atoms with Crippen molar-refractivity contribution in [2.75, 3.05) is 25.5 Å². The Morgan fingerprint density at radius 1 is 1.05 bits per heavy atom. The maximum atomic E-state index is 13.7. The van der Waals surface area contributed by atoms with E-state index in [0.29, 0.717) is 18.9 Å². The van der Waals surface area contributed by atoms with Crippen molar-refractivity contribution in [3.05, 3.63) is 35.9 Å². The van der Waals surface area contributed by atoms with E-state index in [-0.39, 0.29) is 35.3 Å². The van der Waals surface area contributed by atoms with E-state index in [2.05, 4.69) is 34.9 Å². The molecule has 0 radical (unpaired) electrons. The van der Waals surface area contributed by atoms with Gasteiger partial charge in [0.25, 0.3) is 0 Å². The van der Waals surface area contributed by atoms with Crippen LogP contribution >= 0.6 is 0 Å². The Bertz CT molecular complexity index is 1320. The predicted octanol–water partition coefficient (Wildman–Crippen LogP) is 2.32. The van der Waals surface area contributed by atoms with Gasteiger partial charge in [-0.05, 0) is 46.1 Å². The highest BCUT2D eigenvalue weighted by Gasteiger charge is 2.37. The van der Waals surface area contributed by atoms with Crippen molar-refractivity contribution in [3.63, 3.8) is 0 Å². The number of methoxy groups -OCH3 is 2. The first-order valence-corrected chi connectivity index (χ1v) is 13.7. The minimum absolute atomic E-state index is 0.109. The number of rotatable bonds is 11. The van der Waals surface area contributed by atoms with Crippen LogP contribution in [0, 0.1) is 6.92 Å². The number of sulfonamides is 1. The van der Waals surface area contributed by atoms with Gasteiger partial charge >= 0.3 is 0 Å². The summed E-state index contributed by atoms with van der Waals surface area (Å²) in [5.74, 6) is 0.776. The molecule has 1 aliphatic rings. The van der Waals surface area contributed by atoms with Crippen LogP contribution in [0.1, 0.15) is 63.0 Å². The van der Waals surface area contributed by atoms with Gasteiger partial charge < -0.3 is 18.9 Å². The quantitative estimate of drug-likeness (QED) is 0.372. The van der Waals surface area contributed by atoms with E-state index in [1.54, 1.807) is 12.4 Å². The Labute approximate surface area is 221 Å². The Kier molecular flexibility index (Phi) is 8.38. The zero-order valence-corrected chi connectivity index (χ0v) is 23.0. The van der Waals surface area contributed by atoms with E-state index in [1.165, 1.54) is 32.0 Å². The summed E-state index contributed by atoms with van der Waals surface area (Å²) in [5, 5.41) is 7.32. The molecule has 3 atom stereocenters. The number of hydrogen-bond donors (Lipinski definition) is 1. The average molecular weight is 549 g/mol. The van der Waals surface area contributed by atoms with E-state index in [1.807, 2.05) is 20.8 Å². The van der Waals surface area contributed by atoms with Crippen LogP contribution in [0.5, 0.6) is 11.8 Å². The number of anilines is 1. The van der Waals surface area contributed by atoms with Crippen molar-refractivity contribution in [3.8, 4) is 17.4 Å². The van der Waals surface area contributed by atoms with Crippen LogP contribution in [0.15, 0.2) is 18.7 Å². The summed E-state index contributed by atoms with van der Waals surface area (Å²) in [4.78, 5) is 17.0. The lowest BCUT2D eigenvalue weighted by Gasteiger charge is -2.25. The number of aryl methyl sites for hydroxylation is 1. The molecule has 0 spiro atoms. The van der Waals surface area contributed by atoms with Gasteiger partial charge in [-0.2, -0.15) is 9.97 Å². The number of nitrogens with one attached hydrogen (secondary N) is 1. The molecule has 1 aliphatic heterocycles. The summed E-state index contributed by atoms with van der Waals surface area (Å²) in [6.45, 7) is 7.53. The Balaban J connectivity index is 1.78. The van der Waals surface area contributed by atoms with E-state index in [4.69, 9.17) is 18.9 Å². The number of nitrogens with zero attached hydrogens (tertiary/aromatic N) is 7. The second-order valence-electron chi connectivity index (χ2n) is 9.04. The molecule has 2 unspecified atom stereocenters. The Hall–Kier alpha value is -3.43. The second kappa shape index (κ2) is 11.5. The minimum atomic E-state index is -4.14. The first-order chi connectivity index (χ1) is 18.2. The van der Waals surface area contributed by atoms with Gasteiger partial charge in [-0.1, -0.05) is 0 Å². The maximum Gasteiger partial charge on any atom is 0.245 e. The fourth-order valence-corrected chi connectivity index (χ4v) is 5.10. The molecule has 3 aromatic rings. The largest absolute Gasteiger partial charge is 0.479 e. The molecule has 14 nitrogen and oxygen atoms in total. The van der Waals surface area contributed by atoms with Crippen molar-refractivity contribution < 1.29 is 27.4 Å². The third kappa shape index (κ3) is 5.68. The number of hydrogen-bond acceptors (Lipinski definition) is 12. The Morgan fingerprint density at radius 2 is 1.71 bits per heavy atom. The van der Waals surface area contributed by atoms with Gasteiger partial charge in [0.1, 0.15) is 23.8 Å². The SMILES string of the molecule is COc1ncnc(OC)c1-n1c(NS(=O)(=O)C(C)C(OC(C)C)c2ncc(C)cn2)nnc1[C@H]1CCCO1. The molecule has 0 bridgehead atoms. The summed E-state index contributed by atoms with van der Waals surface area (Å²) in [6.07, 6.45) is 4.34. The predicted molar refractivity (Wildman–Crippen MR) is 136 cm³/mol. The number of ether oxygens (including phenoxy) is 4. The summed E-state index contributed by atoms with van der Waals surface area (Å²) in [6, 6.07) is 0. The molecule has 15 heteroatoms. The molecule has 1 saturated heterocycles. The van der Waals surface area contributed by atoms with Crippen molar-refractivity contribution in [2.45, 2.75) is 64.1 Å². The average Bonchev–Trinajstić information content (AvgIpc) is 3.56. The zero-order chi connectivity index (χ0) is 27.4. The van der Waals surface area contributed by atoms with Gasteiger partial charge in [0.2, 0.25) is 27.7 Å².